The van der Waals surface area contributed by atoms with Gasteiger partial charge in [-0.25, -0.2) is 29.9 Å². The largest absolute Gasteiger partial charge is 0.388 e. The third-order valence-corrected chi connectivity index (χ3v) is 22.9. The lowest BCUT2D eigenvalue weighted by molar-refractivity contribution is 0.00866. The van der Waals surface area contributed by atoms with Gasteiger partial charge in [-0.3, -0.25) is 0 Å². The van der Waals surface area contributed by atoms with Gasteiger partial charge in [0, 0.05) is 148 Å². The molecule has 0 bridgehead atoms. The average Bonchev–Trinajstić information content (AvgIpc) is 1.49. The number of fused-ring (bicyclic) bond motifs is 6. The number of hydrogen-bond donors (Lipinski definition) is 6. The molecule has 0 aliphatic carbocycles. The summed E-state index contributed by atoms with van der Waals surface area (Å²) in [5.41, 5.74) is 34.1. The Morgan fingerprint density at radius 3 is 1.00 bits per heavy atom. The number of aryl methyl sites for hydroxylation is 4. The Bertz CT molecular complexity index is 4930. The van der Waals surface area contributed by atoms with Gasteiger partial charge in [0.05, 0.1) is 54.0 Å². The predicted molar refractivity (Wildman–Crippen MR) is 411 cm³/mol. The average molecular weight is 1370 g/mol. The molecule has 0 unspecified atom stereocenters. The highest BCUT2D eigenvalue weighted by molar-refractivity contribution is 5.94. The van der Waals surface area contributed by atoms with Crippen molar-refractivity contribution in [2.45, 2.75) is 84.9 Å². The first-order valence-corrected chi connectivity index (χ1v) is 36.7. The van der Waals surface area contributed by atoms with Crippen LogP contribution in [0.4, 0.5) is 0 Å². The molecule has 0 spiro atoms. The summed E-state index contributed by atoms with van der Waals surface area (Å²) in [6.45, 7) is 20.6. The third kappa shape index (κ3) is 13.7. The van der Waals surface area contributed by atoms with E-state index < -0.39 is 18.3 Å². The lowest BCUT2D eigenvalue weighted by Crippen LogP contribution is -2.46. The van der Waals surface area contributed by atoms with Crippen molar-refractivity contribution >= 4 is 33.5 Å². The minimum Gasteiger partial charge on any atom is -0.388 e. The Kier molecular flexibility index (Phi) is 18.6. The van der Waals surface area contributed by atoms with Crippen molar-refractivity contribution in [1.29, 1.82) is 0 Å². The topological polar surface area (TPSA) is 205 Å². The first-order chi connectivity index (χ1) is 49.8. The normalized spacial score (nSPS) is 18.1. The fourth-order valence-corrected chi connectivity index (χ4v) is 16.9. The number of nitrogens with zero attached hydrogens (tertiary/aromatic N) is 12. The van der Waals surface area contributed by atoms with Gasteiger partial charge in [-0.05, 0) is 215 Å². The minimum atomic E-state index is -0.416. The molecule has 12 heterocycles. The van der Waals surface area contributed by atoms with E-state index in [9.17, 15) is 15.3 Å². The molecule has 0 saturated carbocycles. The van der Waals surface area contributed by atoms with Gasteiger partial charge in [0.15, 0.2) is 16.9 Å². The molecule has 6 aromatic carbocycles. The van der Waals surface area contributed by atoms with Crippen LogP contribution in [0.5, 0.6) is 0 Å². The molecular weight excluding hydrogens is 1280 g/mol. The van der Waals surface area contributed by atoms with Crippen molar-refractivity contribution < 1.29 is 15.3 Å². The van der Waals surface area contributed by atoms with Gasteiger partial charge in [-0.15, -0.1) is 0 Å². The molecule has 0 radical (unpaired) electrons. The molecule has 12 aromatic rings. The Hall–Kier alpha value is -9.18. The maximum atomic E-state index is 10.9. The van der Waals surface area contributed by atoms with Gasteiger partial charge >= 0.3 is 0 Å². The Morgan fingerprint density at radius 2 is 0.670 bits per heavy atom. The van der Waals surface area contributed by atoms with E-state index in [4.69, 9.17) is 19.9 Å². The van der Waals surface area contributed by atoms with Gasteiger partial charge in [-0.1, -0.05) is 66.7 Å². The van der Waals surface area contributed by atoms with Crippen LogP contribution in [0.1, 0.15) is 90.6 Å². The van der Waals surface area contributed by atoms with Gasteiger partial charge in [0.25, 0.3) is 0 Å². The first-order valence-electron chi connectivity index (χ1n) is 36.7. The molecule has 6 aliphatic rings. The van der Waals surface area contributed by atoms with Crippen LogP contribution >= 0.6 is 0 Å². The second-order valence-corrected chi connectivity index (χ2v) is 30.8. The highest BCUT2D eigenvalue weighted by Gasteiger charge is 2.34. The molecule has 3 atom stereocenters. The minimum absolute atomic E-state index is 0.311. The van der Waals surface area contributed by atoms with E-state index in [1.165, 1.54) is 50.1 Å². The molecule has 6 aliphatic heterocycles. The maximum Gasteiger partial charge on any atom is 0.156 e. The summed E-state index contributed by atoms with van der Waals surface area (Å²) in [4.78, 5) is 52.9. The van der Waals surface area contributed by atoms with Crippen molar-refractivity contribution in [2.75, 3.05) is 101 Å². The molecule has 3 fully saturated rings. The van der Waals surface area contributed by atoms with E-state index in [0.717, 1.165) is 221 Å². The predicted octanol–water partition coefficient (Wildman–Crippen LogP) is 12.9. The van der Waals surface area contributed by atoms with E-state index >= 15 is 0 Å². The number of benzene rings is 6. The monoisotopic (exact) mass is 1370 g/mol. The van der Waals surface area contributed by atoms with Crippen molar-refractivity contribution in [3.63, 3.8) is 0 Å². The highest BCUT2D eigenvalue weighted by Crippen LogP contribution is 2.40. The Balaban J connectivity index is 0.000000119. The van der Waals surface area contributed by atoms with Crippen molar-refractivity contribution in [3.8, 4) is 67.2 Å². The number of nitrogens with one attached hydrogen (secondary N) is 3. The molecular formula is C85H95N15O3. The quantitative estimate of drug-likeness (QED) is 0.0673. The van der Waals surface area contributed by atoms with Gasteiger partial charge in [0.2, 0.25) is 0 Å². The molecule has 18 rings (SSSR count). The van der Waals surface area contributed by atoms with Crippen LogP contribution in [-0.2, 0) is 38.9 Å². The second-order valence-electron chi connectivity index (χ2n) is 30.8. The smallest absolute Gasteiger partial charge is 0.156 e. The number of rotatable bonds is 12. The number of likely N-dealkylation sites (N-methyl/N-ethyl adjacent to an activating group) is 3. The zero-order valence-corrected chi connectivity index (χ0v) is 61.1. The van der Waals surface area contributed by atoms with E-state index in [-0.39, 0.29) is 0 Å². The molecule has 6 N–H and O–H groups in total. The Labute approximate surface area is 603 Å². The second kappa shape index (κ2) is 28.1. The highest BCUT2D eigenvalue weighted by atomic mass is 16.3. The van der Waals surface area contributed by atoms with Crippen LogP contribution in [-0.4, -0.2) is 191 Å². The summed E-state index contributed by atoms with van der Waals surface area (Å²) in [5.74, 6) is 0.945. The molecule has 6 aromatic heterocycles. The fourth-order valence-electron chi connectivity index (χ4n) is 16.9. The van der Waals surface area contributed by atoms with Crippen LogP contribution < -0.4 is 0 Å². The summed E-state index contributed by atoms with van der Waals surface area (Å²) in [7, 11) is 12.8. The van der Waals surface area contributed by atoms with Gasteiger partial charge in [-0.2, -0.15) is 0 Å². The molecule has 103 heavy (non-hydrogen) atoms. The summed E-state index contributed by atoms with van der Waals surface area (Å²) in [6, 6.07) is 36.4. The van der Waals surface area contributed by atoms with E-state index in [1.54, 1.807) is 0 Å². The third-order valence-electron chi connectivity index (χ3n) is 22.9. The number of aromatic amines is 3. The van der Waals surface area contributed by atoms with Crippen molar-refractivity contribution in [2.24, 2.45) is 17.8 Å². The molecule has 18 heteroatoms. The standard InChI is InChI=1S/C29H33N5O.2C28H31N5O/c1-17-10-20(11-21-14-33(3)8-7-23(17)21)26-13-31-29-27(32-26)25(12-30-29)19-5-6-24(18(2)9-19)28(35)22-15-34(4)16-22;2*1-17-10-20(11-21-14-32(2)9-8-23(17)21)25-13-30-28-26(31-25)24(12-29-28)18-4-6-19(7-5-18)27(34)22-15-33(3)16-22/h5-6,9-13,22,28,35H,7-8,14-16H2,1-4H3,(H,30,31);2*4-7,10-13,22,27,34H,8-9,14-16H2,1-3H3,(H,29,30)/t28-;2*27-/m110/s1. The van der Waals surface area contributed by atoms with Crippen molar-refractivity contribution in [3.05, 3.63) is 213 Å². The lowest BCUT2D eigenvalue weighted by atomic mass is 9.87. The van der Waals surface area contributed by atoms with Crippen molar-refractivity contribution in [1.82, 2.24) is 74.3 Å². The first kappa shape index (κ1) is 68.3. The van der Waals surface area contributed by atoms with Crippen LogP contribution in [0, 0.1) is 45.4 Å². The van der Waals surface area contributed by atoms with E-state index in [1.807, 2.05) is 61.4 Å². The summed E-state index contributed by atoms with van der Waals surface area (Å²) in [5, 5.41) is 32.2. The Morgan fingerprint density at radius 1 is 0.359 bits per heavy atom. The molecule has 528 valence electrons. The number of aliphatic hydroxyl groups is 3. The zero-order valence-electron chi connectivity index (χ0n) is 61.1. The number of aliphatic hydroxyl groups excluding tert-OH is 3. The lowest BCUT2D eigenvalue weighted by Gasteiger charge is -2.39. The fraction of sp³-hybridized carbons (Fsp3) is 0.365. The zero-order chi connectivity index (χ0) is 71.1. The van der Waals surface area contributed by atoms with Gasteiger partial charge < -0.3 is 59.7 Å². The summed E-state index contributed by atoms with van der Waals surface area (Å²) in [6.07, 6.45) is 13.6. The number of likely N-dealkylation sites (tertiary alicyclic amines) is 3. The maximum absolute atomic E-state index is 10.9. The SMILES string of the molecule is Cc1cc(-c2c[nH]c3ncc(-c4cc(C)c5c(c4)CN(C)CC5)nc23)ccc1[C@H](O)C1CN(C)C1.Cc1cc(-c2cnc3[nH]cc(-c4ccc([C@@H](O)C5CN(C)C5)cc4)c3n2)cc2c1CCN(C)C2.Cc1cc(-c2cnc3[nH]cc(-c4ccc([C@H](O)C5CN(C)C5)cc4)c3n2)cc2c1CCN(C)C2. The molecule has 3 saturated heterocycles. The van der Waals surface area contributed by atoms with E-state index in [2.05, 4.69) is 203 Å². The number of aromatic nitrogens is 9. The number of H-pyrrole nitrogens is 3. The van der Waals surface area contributed by atoms with Crippen LogP contribution in [0.2, 0.25) is 0 Å². The van der Waals surface area contributed by atoms with Crippen LogP contribution in [0.15, 0.2) is 140 Å². The molecule has 18 nitrogen and oxygen atoms in total. The van der Waals surface area contributed by atoms with Gasteiger partial charge in [0.1, 0.15) is 16.6 Å². The van der Waals surface area contributed by atoms with Crippen LogP contribution in [0.3, 0.4) is 0 Å². The summed E-state index contributed by atoms with van der Waals surface area (Å²) < 4.78 is 0. The molecule has 0 amide bonds. The number of hydrogen-bond acceptors (Lipinski definition) is 15. The summed E-state index contributed by atoms with van der Waals surface area (Å²) >= 11 is 0. The van der Waals surface area contributed by atoms with Crippen LogP contribution in [0.25, 0.3) is 101 Å². The van der Waals surface area contributed by atoms with E-state index in [0.29, 0.717) is 17.8 Å².